The van der Waals surface area contributed by atoms with Crippen molar-refractivity contribution in [1.82, 2.24) is 16.0 Å². The zero-order chi connectivity index (χ0) is 26.2. The van der Waals surface area contributed by atoms with Crippen molar-refractivity contribution in [1.29, 1.82) is 0 Å². The summed E-state index contributed by atoms with van der Waals surface area (Å²) in [5.41, 5.74) is -0.696. The zero-order valence-electron chi connectivity index (χ0n) is 21.8. The minimum atomic E-state index is -0.926. The normalized spacial score (nSPS) is 22.9. The molecule has 1 fully saturated rings. The Labute approximate surface area is 202 Å². The predicted octanol–water partition coefficient (Wildman–Crippen LogP) is 1.89. The molecule has 0 aromatic rings. The van der Waals surface area contributed by atoms with Crippen molar-refractivity contribution in [2.45, 2.75) is 104 Å². The van der Waals surface area contributed by atoms with Crippen molar-refractivity contribution in [2.24, 2.45) is 17.8 Å². The van der Waals surface area contributed by atoms with E-state index in [0.717, 1.165) is 0 Å². The molecular weight excluding hydrogens is 442 g/mol. The Morgan fingerprint density at radius 1 is 1.03 bits per heavy atom. The fourth-order valence-corrected chi connectivity index (χ4v) is 3.95. The van der Waals surface area contributed by atoms with Crippen LogP contribution in [0.3, 0.4) is 0 Å². The molecule has 1 aliphatic rings. The molecule has 0 aliphatic heterocycles. The summed E-state index contributed by atoms with van der Waals surface area (Å²) in [6.07, 6.45) is 0.108. The summed E-state index contributed by atoms with van der Waals surface area (Å²) >= 11 is 0. The molecule has 10 heteroatoms. The molecule has 0 aromatic heterocycles. The fraction of sp³-hybridized carbons (Fsp3) is 0.833. The minimum Gasteiger partial charge on any atom is -0.467 e. The lowest BCUT2D eigenvalue weighted by Gasteiger charge is -2.28. The summed E-state index contributed by atoms with van der Waals surface area (Å²) in [6, 6.07) is -2.12. The summed E-state index contributed by atoms with van der Waals surface area (Å²) < 4.78 is 10.0. The number of methoxy groups -OCH3 is 1. The Bertz CT molecular complexity index is 720. The van der Waals surface area contributed by atoms with Gasteiger partial charge in [0.1, 0.15) is 17.7 Å². The molecule has 1 aliphatic carbocycles. The topological polar surface area (TPSA) is 143 Å². The molecule has 1 rings (SSSR count). The van der Waals surface area contributed by atoms with Crippen LogP contribution in [0.15, 0.2) is 0 Å². The molecule has 0 bridgehead atoms. The molecule has 10 nitrogen and oxygen atoms in total. The lowest BCUT2D eigenvalue weighted by Crippen LogP contribution is -2.55. The molecular formula is C24H43N3O7. The largest absolute Gasteiger partial charge is 0.467 e. The second-order valence-corrected chi connectivity index (χ2v) is 10.5. The number of ether oxygens (including phenoxy) is 2. The van der Waals surface area contributed by atoms with Gasteiger partial charge in [-0.15, -0.1) is 0 Å². The van der Waals surface area contributed by atoms with Gasteiger partial charge in [0.15, 0.2) is 0 Å². The predicted molar refractivity (Wildman–Crippen MR) is 127 cm³/mol. The monoisotopic (exact) mass is 485 g/mol. The number of alkyl carbamates (subject to hydrolysis) is 1. The van der Waals surface area contributed by atoms with Gasteiger partial charge >= 0.3 is 12.1 Å². The number of esters is 1. The van der Waals surface area contributed by atoms with Crippen molar-refractivity contribution < 1.29 is 33.8 Å². The van der Waals surface area contributed by atoms with Crippen LogP contribution >= 0.6 is 0 Å². The van der Waals surface area contributed by atoms with E-state index in [0.29, 0.717) is 19.3 Å². The van der Waals surface area contributed by atoms with E-state index < -0.39 is 47.8 Å². The zero-order valence-corrected chi connectivity index (χ0v) is 21.8. The van der Waals surface area contributed by atoms with Crippen molar-refractivity contribution in [3.8, 4) is 0 Å². The quantitative estimate of drug-likeness (QED) is 0.346. The second-order valence-electron chi connectivity index (χ2n) is 10.5. The smallest absolute Gasteiger partial charge is 0.408 e. The van der Waals surface area contributed by atoms with Crippen LogP contribution in [0.25, 0.3) is 0 Å². The summed E-state index contributed by atoms with van der Waals surface area (Å²) in [4.78, 5) is 49.6. The third-order valence-corrected chi connectivity index (χ3v) is 6.12. The Balaban J connectivity index is 2.74. The molecule has 3 amide bonds. The number of nitrogens with one attached hydrogen (secondary N) is 3. The number of hydrogen-bond acceptors (Lipinski definition) is 7. The van der Waals surface area contributed by atoms with Crippen LogP contribution < -0.4 is 16.0 Å². The molecule has 34 heavy (non-hydrogen) atoms. The van der Waals surface area contributed by atoms with Gasteiger partial charge in [-0.2, -0.15) is 0 Å². The SMILES string of the molecule is CC[C@H](C)[C@H](NC(=O)OC(C)(C)C)C(=O)N[C@@H]1CC[C@H](CC(=O)N[C@H](C(=O)OC)C(C)C)[C@H]1O. The molecule has 0 aromatic carbocycles. The first-order chi connectivity index (χ1) is 15.7. The van der Waals surface area contributed by atoms with E-state index in [4.69, 9.17) is 9.47 Å². The number of rotatable bonds is 10. The van der Waals surface area contributed by atoms with Crippen LogP contribution in [0.5, 0.6) is 0 Å². The molecule has 0 spiro atoms. The van der Waals surface area contributed by atoms with Gasteiger partial charge in [0.25, 0.3) is 0 Å². The molecule has 4 N–H and O–H groups in total. The van der Waals surface area contributed by atoms with Gasteiger partial charge in [-0.05, 0) is 51.4 Å². The van der Waals surface area contributed by atoms with Gasteiger partial charge in [0.05, 0.1) is 19.3 Å². The van der Waals surface area contributed by atoms with E-state index in [1.165, 1.54) is 7.11 Å². The van der Waals surface area contributed by atoms with Gasteiger partial charge in [0.2, 0.25) is 11.8 Å². The van der Waals surface area contributed by atoms with E-state index in [2.05, 4.69) is 16.0 Å². The van der Waals surface area contributed by atoms with Crippen LogP contribution in [-0.4, -0.2) is 65.9 Å². The maximum atomic E-state index is 13.0. The van der Waals surface area contributed by atoms with E-state index in [9.17, 15) is 24.3 Å². The fourth-order valence-electron chi connectivity index (χ4n) is 3.95. The van der Waals surface area contributed by atoms with Crippen LogP contribution in [0.1, 0.15) is 74.1 Å². The highest BCUT2D eigenvalue weighted by molar-refractivity contribution is 5.86. The maximum Gasteiger partial charge on any atom is 0.408 e. The summed E-state index contributed by atoms with van der Waals surface area (Å²) in [5, 5.41) is 18.9. The number of aliphatic hydroxyl groups is 1. The highest BCUT2D eigenvalue weighted by Crippen LogP contribution is 2.29. The number of carbonyl (C=O) groups is 4. The number of carbonyl (C=O) groups excluding carboxylic acids is 4. The van der Waals surface area contributed by atoms with Crippen LogP contribution in [0.2, 0.25) is 0 Å². The van der Waals surface area contributed by atoms with Gasteiger partial charge in [-0.3, -0.25) is 9.59 Å². The first-order valence-electron chi connectivity index (χ1n) is 12.0. The Hall–Kier alpha value is -2.36. The van der Waals surface area contributed by atoms with Gasteiger partial charge in [-0.25, -0.2) is 9.59 Å². The molecule has 0 heterocycles. The van der Waals surface area contributed by atoms with Crippen molar-refractivity contribution in [3.05, 3.63) is 0 Å². The van der Waals surface area contributed by atoms with Crippen molar-refractivity contribution >= 4 is 23.9 Å². The third kappa shape index (κ3) is 9.12. The van der Waals surface area contributed by atoms with E-state index in [1.54, 1.807) is 34.6 Å². The molecule has 196 valence electrons. The molecule has 6 atom stereocenters. The highest BCUT2D eigenvalue weighted by Gasteiger charge is 2.39. The van der Waals surface area contributed by atoms with E-state index in [1.807, 2.05) is 13.8 Å². The molecule has 0 saturated heterocycles. The molecule has 0 radical (unpaired) electrons. The van der Waals surface area contributed by atoms with Crippen LogP contribution in [0.4, 0.5) is 4.79 Å². The average molecular weight is 486 g/mol. The van der Waals surface area contributed by atoms with Crippen molar-refractivity contribution in [3.63, 3.8) is 0 Å². The lowest BCUT2D eigenvalue weighted by molar-refractivity contribution is -0.146. The summed E-state index contributed by atoms with van der Waals surface area (Å²) in [6.45, 7) is 12.6. The molecule has 0 unspecified atom stereocenters. The first kappa shape index (κ1) is 29.7. The Kier molecular flexibility index (Phi) is 11.3. The van der Waals surface area contributed by atoms with E-state index >= 15 is 0 Å². The average Bonchev–Trinajstić information content (AvgIpc) is 3.06. The number of hydrogen-bond donors (Lipinski definition) is 4. The minimum absolute atomic E-state index is 0.0265. The van der Waals surface area contributed by atoms with Crippen molar-refractivity contribution in [2.75, 3.05) is 7.11 Å². The van der Waals surface area contributed by atoms with Gasteiger partial charge in [-0.1, -0.05) is 34.1 Å². The third-order valence-electron chi connectivity index (χ3n) is 6.12. The Morgan fingerprint density at radius 2 is 1.65 bits per heavy atom. The standard InChI is InChI=1S/C24H43N3O7/c1-9-14(4)19(27-23(32)34-24(5,6)7)21(30)25-16-11-10-15(20(16)29)12-17(28)26-18(13(2)3)22(31)33-8/h13-16,18-20,29H,9-12H2,1-8H3,(H,25,30)(H,26,28)(H,27,32)/t14-,15+,16+,18-,19-,20+/m0/s1. The first-order valence-corrected chi connectivity index (χ1v) is 12.0. The molecule has 1 saturated carbocycles. The van der Waals surface area contributed by atoms with Gasteiger partial charge in [0, 0.05) is 6.42 Å². The summed E-state index contributed by atoms with van der Waals surface area (Å²) in [5.74, 6) is -1.94. The lowest BCUT2D eigenvalue weighted by atomic mass is 9.97. The van der Waals surface area contributed by atoms with Crippen LogP contribution in [0, 0.1) is 17.8 Å². The Morgan fingerprint density at radius 3 is 2.15 bits per heavy atom. The van der Waals surface area contributed by atoms with Gasteiger partial charge < -0.3 is 30.5 Å². The summed E-state index contributed by atoms with van der Waals surface area (Å²) in [7, 11) is 1.27. The second kappa shape index (κ2) is 12.9. The highest BCUT2D eigenvalue weighted by atomic mass is 16.6. The maximum absolute atomic E-state index is 13.0. The number of amides is 3. The van der Waals surface area contributed by atoms with E-state index in [-0.39, 0.29) is 30.1 Å². The number of aliphatic hydroxyl groups excluding tert-OH is 1. The van der Waals surface area contributed by atoms with Crippen LogP contribution in [-0.2, 0) is 23.9 Å².